The molecule has 32 heavy (non-hydrogen) atoms. The Morgan fingerprint density at radius 2 is 1.69 bits per heavy atom. The molecule has 2 aromatic carbocycles. The summed E-state index contributed by atoms with van der Waals surface area (Å²) in [5.41, 5.74) is -0.826. The summed E-state index contributed by atoms with van der Waals surface area (Å²) in [6.07, 6.45) is -6.39. The summed E-state index contributed by atoms with van der Waals surface area (Å²) in [6, 6.07) is 10.4. The van der Waals surface area contributed by atoms with Gasteiger partial charge in [-0.2, -0.15) is 13.2 Å². The summed E-state index contributed by atoms with van der Waals surface area (Å²) < 4.78 is 48.8. The molecule has 0 aliphatic heterocycles. The molecule has 1 N–H and O–H groups in total. The molecule has 0 bridgehead atoms. The van der Waals surface area contributed by atoms with Crippen LogP contribution in [0, 0.1) is 0 Å². The summed E-state index contributed by atoms with van der Waals surface area (Å²) in [5, 5.41) is 10.3. The molecule has 0 saturated carbocycles. The van der Waals surface area contributed by atoms with E-state index in [0.29, 0.717) is 5.56 Å². The molecule has 6 nitrogen and oxygen atoms in total. The second kappa shape index (κ2) is 10.0. The van der Waals surface area contributed by atoms with Crippen molar-refractivity contribution in [3.05, 3.63) is 65.2 Å². The third-order valence-corrected chi connectivity index (χ3v) is 4.25. The minimum Gasteiger partial charge on any atom is -0.444 e. The number of hydrogen-bond acceptors (Lipinski definition) is 5. The molecule has 0 saturated heterocycles. The largest absolute Gasteiger partial charge is 0.444 e. The second-order valence-corrected chi connectivity index (χ2v) is 8.29. The third-order valence-electron chi connectivity index (χ3n) is 4.25. The van der Waals surface area contributed by atoms with Crippen molar-refractivity contribution >= 4 is 12.1 Å². The minimum absolute atomic E-state index is 0.0103. The first kappa shape index (κ1) is 25.2. The van der Waals surface area contributed by atoms with Crippen molar-refractivity contribution in [1.29, 1.82) is 0 Å². The predicted molar refractivity (Wildman–Crippen MR) is 111 cm³/mol. The van der Waals surface area contributed by atoms with Gasteiger partial charge >= 0.3 is 18.2 Å². The first-order valence-corrected chi connectivity index (χ1v) is 9.83. The fourth-order valence-corrected chi connectivity index (χ4v) is 2.73. The smallest absolute Gasteiger partial charge is 0.416 e. The van der Waals surface area contributed by atoms with E-state index in [1.807, 2.05) is 0 Å². The molecule has 0 fully saturated rings. The maximum atomic E-state index is 12.8. The zero-order chi connectivity index (χ0) is 24.1. The molecule has 174 valence electrons. The minimum atomic E-state index is -4.49. The first-order chi connectivity index (χ1) is 14.7. The molecule has 0 aliphatic rings. The molecule has 1 atom stereocenters. The molecule has 0 spiro atoms. The van der Waals surface area contributed by atoms with Crippen LogP contribution in [-0.4, -0.2) is 41.3 Å². The number of nitrogens with zero attached hydrogens (tertiary/aromatic N) is 1. The summed E-state index contributed by atoms with van der Waals surface area (Å²) in [7, 11) is 1.50. The highest BCUT2D eigenvalue weighted by Gasteiger charge is 2.30. The summed E-state index contributed by atoms with van der Waals surface area (Å²) in [6.45, 7) is 5.20. The number of halogens is 3. The van der Waals surface area contributed by atoms with Gasteiger partial charge in [-0.05, 0) is 50.1 Å². The number of alkyl halides is 3. The van der Waals surface area contributed by atoms with Gasteiger partial charge in [0.05, 0.1) is 24.6 Å². The Morgan fingerprint density at radius 1 is 1.06 bits per heavy atom. The Kier molecular flexibility index (Phi) is 7.90. The van der Waals surface area contributed by atoms with Crippen LogP contribution in [0.1, 0.15) is 43.6 Å². The Balaban J connectivity index is 1.93. The van der Waals surface area contributed by atoms with Crippen molar-refractivity contribution in [2.45, 2.75) is 45.1 Å². The zero-order valence-electron chi connectivity index (χ0n) is 18.3. The number of amides is 1. The van der Waals surface area contributed by atoms with Gasteiger partial charge in [0.2, 0.25) is 0 Å². The number of carbonyl (C=O) groups is 2. The monoisotopic (exact) mass is 453 g/mol. The van der Waals surface area contributed by atoms with Crippen LogP contribution >= 0.6 is 0 Å². The predicted octanol–water partition coefficient (Wildman–Crippen LogP) is 4.75. The number of rotatable bonds is 6. The number of carbonyl (C=O) groups excluding carboxylic acids is 2. The highest BCUT2D eigenvalue weighted by molar-refractivity contribution is 5.75. The van der Waals surface area contributed by atoms with Gasteiger partial charge in [0.1, 0.15) is 11.4 Å². The van der Waals surface area contributed by atoms with Crippen molar-refractivity contribution in [3.63, 3.8) is 0 Å². The fourth-order valence-electron chi connectivity index (χ4n) is 2.73. The number of aliphatic hydroxyl groups excluding tert-OH is 1. The van der Waals surface area contributed by atoms with Crippen LogP contribution in [0.15, 0.2) is 48.5 Å². The van der Waals surface area contributed by atoms with Crippen LogP contribution in [-0.2, 0) is 22.1 Å². The van der Waals surface area contributed by atoms with Crippen LogP contribution in [0.2, 0.25) is 0 Å². The molecule has 1 amide bonds. The standard InChI is InChI=1S/C23H26F3NO5/c1-22(2,3)32-21(30)27(4)14-19(28)16-8-10-18(11-9-16)31-20(29)13-15-6-5-7-17(12-15)23(24,25)26/h5-12,19,28H,13-14H2,1-4H3. The molecule has 0 aromatic heterocycles. The van der Waals surface area contributed by atoms with Crippen molar-refractivity contribution < 1.29 is 37.3 Å². The molecule has 0 heterocycles. The number of aliphatic hydroxyl groups is 1. The van der Waals surface area contributed by atoms with Crippen LogP contribution in [0.4, 0.5) is 18.0 Å². The number of esters is 1. The van der Waals surface area contributed by atoms with Crippen molar-refractivity contribution in [2.75, 3.05) is 13.6 Å². The number of ether oxygens (including phenoxy) is 2. The van der Waals surface area contributed by atoms with Crippen molar-refractivity contribution in [2.24, 2.45) is 0 Å². The lowest BCUT2D eigenvalue weighted by atomic mass is 10.1. The molecule has 2 rings (SSSR count). The molecule has 1 unspecified atom stereocenters. The quantitative estimate of drug-likeness (QED) is 0.505. The summed E-state index contributed by atoms with van der Waals surface area (Å²) >= 11 is 0. The van der Waals surface area contributed by atoms with Gasteiger partial charge in [-0.25, -0.2) is 4.79 Å². The van der Waals surface area contributed by atoms with E-state index in [4.69, 9.17) is 9.47 Å². The number of benzene rings is 2. The highest BCUT2D eigenvalue weighted by Crippen LogP contribution is 2.29. The Bertz CT molecular complexity index is 936. The van der Waals surface area contributed by atoms with E-state index in [-0.39, 0.29) is 24.3 Å². The van der Waals surface area contributed by atoms with Gasteiger partial charge in [-0.3, -0.25) is 4.79 Å². The van der Waals surface area contributed by atoms with Crippen molar-refractivity contribution in [1.82, 2.24) is 4.90 Å². The third kappa shape index (κ3) is 7.88. The molecular formula is C23H26F3NO5. The van der Waals surface area contributed by atoms with E-state index in [2.05, 4.69) is 0 Å². The average molecular weight is 453 g/mol. The van der Waals surface area contributed by atoms with E-state index in [0.717, 1.165) is 12.1 Å². The van der Waals surface area contributed by atoms with Crippen LogP contribution in [0.5, 0.6) is 5.75 Å². The SMILES string of the molecule is CN(CC(O)c1ccc(OC(=O)Cc2cccc(C(F)(F)F)c2)cc1)C(=O)OC(C)(C)C. The van der Waals surface area contributed by atoms with E-state index in [1.165, 1.54) is 48.3 Å². The number of likely N-dealkylation sites (N-methyl/N-ethyl adjacent to an activating group) is 1. The maximum absolute atomic E-state index is 12.8. The lowest BCUT2D eigenvalue weighted by molar-refractivity contribution is -0.138. The Morgan fingerprint density at radius 3 is 2.25 bits per heavy atom. The van der Waals surface area contributed by atoms with Crippen LogP contribution in [0.3, 0.4) is 0 Å². The van der Waals surface area contributed by atoms with E-state index < -0.39 is 35.5 Å². The van der Waals surface area contributed by atoms with Gasteiger partial charge in [0.25, 0.3) is 0 Å². The van der Waals surface area contributed by atoms with Crippen LogP contribution < -0.4 is 4.74 Å². The normalized spacial score (nSPS) is 12.8. The van der Waals surface area contributed by atoms with E-state index >= 15 is 0 Å². The highest BCUT2D eigenvalue weighted by atomic mass is 19.4. The van der Waals surface area contributed by atoms with Gasteiger partial charge in [0, 0.05) is 7.05 Å². The first-order valence-electron chi connectivity index (χ1n) is 9.83. The topological polar surface area (TPSA) is 76.1 Å². The lowest BCUT2D eigenvalue weighted by Crippen LogP contribution is -2.36. The molecule has 9 heteroatoms. The molecule has 0 radical (unpaired) electrons. The number of hydrogen-bond donors (Lipinski definition) is 1. The molecular weight excluding hydrogens is 427 g/mol. The van der Waals surface area contributed by atoms with E-state index in [9.17, 15) is 27.9 Å². The van der Waals surface area contributed by atoms with Crippen molar-refractivity contribution in [3.8, 4) is 5.75 Å². The van der Waals surface area contributed by atoms with E-state index in [1.54, 1.807) is 20.8 Å². The van der Waals surface area contributed by atoms with Crippen LogP contribution in [0.25, 0.3) is 0 Å². The fraction of sp³-hybridized carbons (Fsp3) is 0.391. The van der Waals surface area contributed by atoms with Gasteiger partial charge in [-0.15, -0.1) is 0 Å². The lowest BCUT2D eigenvalue weighted by Gasteiger charge is -2.26. The Labute approximate surface area is 184 Å². The summed E-state index contributed by atoms with van der Waals surface area (Å²) in [5.74, 6) is -0.541. The average Bonchev–Trinajstić information content (AvgIpc) is 2.66. The molecule has 0 aliphatic carbocycles. The Hall–Kier alpha value is -3.07. The summed E-state index contributed by atoms with van der Waals surface area (Å²) in [4.78, 5) is 25.3. The van der Waals surface area contributed by atoms with Gasteiger partial charge in [-0.1, -0.05) is 30.3 Å². The van der Waals surface area contributed by atoms with Gasteiger partial charge in [0.15, 0.2) is 0 Å². The molecule has 2 aromatic rings. The second-order valence-electron chi connectivity index (χ2n) is 8.29. The van der Waals surface area contributed by atoms with Gasteiger partial charge < -0.3 is 19.5 Å². The maximum Gasteiger partial charge on any atom is 0.416 e. The zero-order valence-corrected chi connectivity index (χ0v) is 18.3.